The van der Waals surface area contributed by atoms with E-state index in [1.54, 1.807) is 18.2 Å². The Bertz CT molecular complexity index is 350. The minimum atomic E-state index is -0.941. The van der Waals surface area contributed by atoms with Crippen LogP contribution in [0, 0.1) is 11.7 Å². The van der Waals surface area contributed by atoms with Crippen LogP contribution in [0.25, 0.3) is 0 Å². The first-order valence-electron chi connectivity index (χ1n) is 5.59. The van der Waals surface area contributed by atoms with Gasteiger partial charge in [-0.25, -0.2) is 4.39 Å². The molecular weight excluding hydrogens is 191 g/mol. The van der Waals surface area contributed by atoms with Crippen LogP contribution >= 0.6 is 0 Å². The summed E-state index contributed by atoms with van der Waals surface area (Å²) in [5, 5.41) is 10.5. The molecule has 1 aliphatic rings. The Morgan fingerprint density at radius 2 is 2.13 bits per heavy atom. The van der Waals surface area contributed by atoms with Crippen molar-refractivity contribution in [1.29, 1.82) is 0 Å². The van der Waals surface area contributed by atoms with Crippen molar-refractivity contribution in [2.24, 2.45) is 5.92 Å². The fraction of sp³-hybridized carbons (Fsp3) is 0.538. The first kappa shape index (κ1) is 10.6. The molecule has 1 nitrogen and oxygen atoms in total. The Balaban J connectivity index is 2.32. The average molecular weight is 208 g/mol. The van der Waals surface area contributed by atoms with Crippen molar-refractivity contribution in [1.82, 2.24) is 0 Å². The maximum Gasteiger partial charge on any atom is 0.129 e. The number of hydrogen-bond donors (Lipinski definition) is 1. The van der Waals surface area contributed by atoms with Gasteiger partial charge in [-0.05, 0) is 31.2 Å². The van der Waals surface area contributed by atoms with Crippen molar-refractivity contribution in [2.75, 3.05) is 0 Å². The molecule has 0 aliphatic heterocycles. The Morgan fingerprint density at radius 1 is 1.40 bits per heavy atom. The van der Waals surface area contributed by atoms with E-state index in [0.717, 1.165) is 12.8 Å². The van der Waals surface area contributed by atoms with E-state index in [9.17, 15) is 9.50 Å². The molecular formula is C13H17FO. The van der Waals surface area contributed by atoms with Crippen LogP contribution in [0.4, 0.5) is 4.39 Å². The molecule has 82 valence electrons. The molecule has 0 amide bonds. The second kappa shape index (κ2) is 3.93. The summed E-state index contributed by atoms with van der Waals surface area (Å²) in [4.78, 5) is 0. The van der Waals surface area contributed by atoms with E-state index in [1.807, 2.05) is 0 Å². The molecule has 0 bridgehead atoms. The van der Waals surface area contributed by atoms with Gasteiger partial charge in [-0.3, -0.25) is 0 Å². The third kappa shape index (κ3) is 2.05. The van der Waals surface area contributed by atoms with Crippen LogP contribution in [0.2, 0.25) is 0 Å². The van der Waals surface area contributed by atoms with E-state index in [0.29, 0.717) is 24.3 Å². The third-order valence-electron chi connectivity index (χ3n) is 3.35. The average Bonchev–Trinajstić information content (AvgIpc) is 2.17. The molecule has 0 aromatic heterocycles. The molecule has 0 heterocycles. The van der Waals surface area contributed by atoms with Crippen molar-refractivity contribution in [3.8, 4) is 0 Å². The molecule has 0 saturated heterocycles. The van der Waals surface area contributed by atoms with Gasteiger partial charge in [0.25, 0.3) is 0 Å². The monoisotopic (exact) mass is 208 g/mol. The number of benzene rings is 1. The van der Waals surface area contributed by atoms with Crippen LogP contribution in [-0.4, -0.2) is 5.11 Å². The van der Waals surface area contributed by atoms with E-state index in [-0.39, 0.29) is 5.82 Å². The minimum absolute atomic E-state index is 0.283. The topological polar surface area (TPSA) is 20.2 Å². The Labute approximate surface area is 89.9 Å². The lowest BCUT2D eigenvalue weighted by Crippen LogP contribution is -2.32. The standard InChI is InChI=1S/C13H17FO/c1-10-5-4-8-13(15,9-10)11-6-2-3-7-12(11)14/h2-3,6-7,10,15H,4-5,8-9H2,1H3/t10-,13+/m1/s1. The number of aliphatic hydroxyl groups is 1. The SMILES string of the molecule is C[C@@H]1CCC[C@@](O)(c2ccccc2F)C1. The molecule has 0 unspecified atom stereocenters. The van der Waals surface area contributed by atoms with Gasteiger partial charge < -0.3 is 5.11 Å². The van der Waals surface area contributed by atoms with Gasteiger partial charge >= 0.3 is 0 Å². The van der Waals surface area contributed by atoms with Gasteiger partial charge in [-0.2, -0.15) is 0 Å². The first-order valence-corrected chi connectivity index (χ1v) is 5.59. The smallest absolute Gasteiger partial charge is 0.129 e. The first-order chi connectivity index (χ1) is 7.12. The predicted molar refractivity (Wildman–Crippen MR) is 57.9 cm³/mol. The molecule has 1 aromatic carbocycles. The predicted octanol–water partition coefficient (Wildman–Crippen LogP) is 3.22. The molecule has 1 fully saturated rings. The minimum Gasteiger partial charge on any atom is -0.385 e. The van der Waals surface area contributed by atoms with Crippen molar-refractivity contribution in [3.63, 3.8) is 0 Å². The highest BCUT2D eigenvalue weighted by molar-refractivity contribution is 5.24. The van der Waals surface area contributed by atoms with Crippen molar-refractivity contribution in [2.45, 2.75) is 38.2 Å². The molecule has 1 N–H and O–H groups in total. The molecule has 1 aliphatic carbocycles. The maximum atomic E-state index is 13.6. The number of hydrogen-bond acceptors (Lipinski definition) is 1. The molecule has 0 spiro atoms. The zero-order chi connectivity index (χ0) is 10.9. The highest BCUT2D eigenvalue weighted by atomic mass is 19.1. The van der Waals surface area contributed by atoms with E-state index in [2.05, 4.69) is 6.92 Å². The maximum absolute atomic E-state index is 13.6. The van der Waals surface area contributed by atoms with Gasteiger partial charge in [0.15, 0.2) is 0 Å². The molecule has 2 rings (SSSR count). The largest absolute Gasteiger partial charge is 0.385 e. The summed E-state index contributed by atoms with van der Waals surface area (Å²) in [7, 11) is 0. The molecule has 15 heavy (non-hydrogen) atoms. The van der Waals surface area contributed by atoms with E-state index >= 15 is 0 Å². The molecule has 1 aromatic rings. The van der Waals surface area contributed by atoms with Crippen LogP contribution in [0.3, 0.4) is 0 Å². The lowest BCUT2D eigenvalue weighted by Gasteiger charge is -2.36. The summed E-state index contributed by atoms with van der Waals surface area (Å²) in [5.74, 6) is 0.192. The molecule has 2 heteroatoms. The second-order valence-electron chi connectivity index (χ2n) is 4.71. The van der Waals surface area contributed by atoms with Gasteiger partial charge in [-0.1, -0.05) is 31.5 Å². The number of halogens is 1. The summed E-state index contributed by atoms with van der Waals surface area (Å²) in [6.45, 7) is 2.12. The molecule has 0 radical (unpaired) electrons. The van der Waals surface area contributed by atoms with Crippen LogP contribution in [0.1, 0.15) is 38.2 Å². The summed E-state index contributed by atoms with van der Waals surface area (Å²) >= 11 is 0. The van der Waals surface area contributed by atoms with Crippen LogP contribution < -0.4 is 0 Å². The van der Waals surface area contributed by atoms with Crippen LogP contribution in [0.5, 0.6) is 0 Å². The van der Waals surface area contributed by atoms with Crippen molar-refractivity contribution >= 4 is 0 Å². The Morgan fingerprint density at radius 3 is 2.80 bits per heavy atom. The van der Waals surface area contributed by atoms with E-state index < -0.39 is 5.60 Å². The lowest BCUT2D eigenvalue weighted by molar-refractivity contribution is -0.0207. The van der Waals surface area contributed by atoms with Crippen LogP contribution in [0.15, 0.2) is 24.3 Å². The fourth-order valence-electron chi connectivity index (χ4n) is 2.61. The van der Waals surface area contributed by atoms with Gasteiger partial charge in [0, 0.05) is 5.56 Å². The van der Waals surface area contributed by atoms with E-state index in [1.165, 1.54) is 6.07 Å². The van der Waals surface area contributed by atoms with Gasteiger partial charge in [0.05, 0.1) is 5.60 Å². The molecule has 2 atom stereocenters. The zero-order valence-corrected chi connectivity index (χ0v) is 9.04. The number of rotatable bonds is 1. The quantitative estimate of drug-likeness (QED) is 0.751. The molecule has 1 saturated carbocycles. The van der Waals surface area contributed by atoms with Gasteiger partial charge in [0.2, 0.25) is 0 Å². The summed E-state index contributed by atoms with van der Waals surface area (Å²) in [5.41, 5.74) is -0.472. The normalized spacial score (nSPS) is 31.5. The van der Waals surface area contributed by atoms with Crippen molar-refractivity contribution < 1.29 is 9.50 Å². The summed E-state index contributed by atoms with van der Waals surface area (Å²) in [6.07, 6.45) is 3.47. The Kier molecular flexibility index (Phi) is 2.79. The van der Waals surface area contributed by atoms with Crippen LogP contribution in [-0.2, 0) is 5.60 Å². The fourth-order valence-corrected chi connectivity index (χ4v) is 2.61. The van der Waals surface area contributed by atoms with Crippen molar-refractivity contribution in [3.05, 3.63) is 35.6 Å². The summed E-state index contributed by atoms with van der Waals surface area (Å²) in [6, 6.07) is 6.57. The van der Waals surface area contributed by atoms with Gasteiger partial charge in [-0.15, -0.1) is 0 Å². The second-order valence-corrected chi connectivity index (χ2v) is 4.71. The lowest BCUT2D eigenvalue weighted by atomic mass is 9.75. The highest BCUT2D eigenvalue weighted by Gasteiger charge is 2.35. The zero-order valence-electron chi connectivity index (χ0n) is 9.04. The summed E-state index contributed by atoms with van der Waals surface area (Å²) < 4.78 is 13.6. The van der Waals surface area contributed by atoms with Gasteiger partial charge in [0.1, 0.15) is 5.82 Å². The highest BCUT2D eigenvalue weighted by Crippen LogP contribution is 2.40. The Hall–Kier alpha value is -0.890. The third-order valence-corrected chi connectivity index (χ3v) is 3.35. The van der Waals surface area contributed by atoms with E-state index in [4.69, 9.17) is 0 Å².